The number of rotatable bonds is 6. The molecule has 0 unspecified atom stereocenters. The van der Waals surface area contributed by atoms with Crippen molar-refractivity contribution in [2.24, 2.45) is 5.92 Å². The summed E-state index contributed by atoms with van der Waals surface area (Å²) < 4.78 is 0. The molecule has 30 heavy (non-hydrogen) atoms. The van der Waals surface area contributed by atoms with Gasteiger partial charge in [0.15, 0.2) is 0 Å². The van der Waals surface area contributed by atoms with E-state index in [-0.39, 0.29) is 29.7 Å². The number of carbonyl (C=O) groups is 3. The molecule has 1 aromatic rings. The summed E-state index contributed by atoms with van der Waals surface area (Å²) in [7, 11) is 0. The lowest BCUT2D eigenvalue weighted by Crippen LogP contribution is -2.49. The maximum absolute atomic E-state index is 13.3. The number of carbonyl (C=O) groups excluding carboxylic acids is 3. The molecular formula is C24H33N3O3. The molecule has 6 nitrogen and oxygen atoms in total. The average Bonchev–Trinajstić information content (AvgIpc) is 3.39. The average molecular weight is 412 g/mol. The Morgan fingerprint density at radius 1 is 1.10 bits per heavy atom. The Morgan fingerprint density at radius 3 is 2.63 bits per heavy atom. The summed E-state index contributed by atoms with van der Waals surface area (Å²) >= 11 is 0. The molecular weight excluding hydrogens is 378 g/mol. The molecule has 6 heteroatoms. The maximum atomic E-state index is 13.3. The first-order valence-electron chi connectivity index (χ1n) is 11.5. The van der Waals surface area contributed by atoms with Gasteiger partial charge in [-0.2, -0.15) is 0 Å². The number of amides is 3. The third kappa shape index (κ3) is 4.37. The van der Waals surface area contributed by atoms with Gasteiger partial charge in [0.2, 0.25) is 17.7 Å². The summed E-state index contributed by atoms with van der Waals surface area (Å²) in [5, 5.41) is 0. The van der Waals surface area contributed by atoms with Crippen molar-refractivity contribution in [2.75, 3.05) is 32.7 Å². The molecule has 3 heterocycles. The first-order chi connectivity index (χ1) is 14.5. The Kier molecular flexibility index (Phi) is 6.40. The summed E-state index contributed by atoms with van der Waals surface area (Å²) in [5.74, 6) is 0.788. The number of likely N-dealkylation sites (tertiary alicyclic amines) is 3. The van der Waals surface area contributed by atoms with Crippen LogP contribution in [0.5, 0.6) is 0 Å². The molecule has 0 aromatic heterocycles. The number of hydrogen-bond acceptors (Lipinski definition) is 3. The Morgan fingerprint density at radius 2 is 1.90 bits per heavy atom. The summed E-state index contributed by atoms with van der Waals surface area (Å²) in [6.45, 7) is 5.70. The highest BCUT2D eigenvalue weighted by Crippen LogP contribution is 2.33. The van der Waals surface area contributed by atoms with Gasteiger partial charge in [-0.25, -0.2) is 0 Å². The van der Waals surface area contributed by atoms with Crippen molar-refractivity contribution < 1.29 is 14.4 Å². The van der Waals surface area contributed by atoms with E-state index in [0.717, 1.165) is 50.9 Å². The second-order valence-corrected chi connectivity index (χ2v) is 9.02. The molecule has 3 saturated heterocycles. The van der Waals surface area contributed by atoms with Crippen molar-refractivity contribution in [2.45, 2.75) is 57.4 Å². The molecule has 3 amide bonds. The summed E-state index contributed by atoms with van der Waals surface area (Å²) in [6, 6.07) is 10.1. The van der Waals surface area contributed by atoms with E-state index in [1.54, 1.807) is 0 Å². The third-order valence-electron chi connectivity index (χ3n) is 7.08. The molecule has 3 atom stereocenters. The summed E-state index contributed by atoms with van der Waals surface area (Å²) in [4.78, 5) is 43.7. The van der Waals surface area contributed by atoms with E-state index < -0.39 is 0 Å². The van der Waals surface area contributed by atoms with Crippen molar-refractivity contribution >= 4 is 17.7 Å². The number of nitrogens with zero attached hydrogens (tertiary/aromatic N) is 3. The lowest BCUT2D eigenvalue weighted by molar-refractivity contribution is -0.137. The van der Waals surface area contributed by atoms with Gasteiger partial charge >= 0.3 is 0 Å². The molecule has 1 aromatic carbocycles. The van der Waals surface area contributed by atoms with Gasteiger partial charge in [0.1, 0.15) is 0 Å². The highest BCUT2D eigenvalue weighted by atomic mass is 16.2. The first kappa shape index (κ1) is 20.9. The molecule has 162 valence electrons. The number of benzene rings is 1. The van der Waals surface area contributed by atoms with Gasteiger partial charge in [0.25, 0.3) is 0 Å². The van der Waals surface area contributed by atoms with E-state index in [2.05, 4.69) is 0 Å². The van der Waals surface area contributed by atoms with Gasteiger partial charge in [0.05, 0.1) is 12.0 Å². The maximum Gasteiger partial charge on any atom is 0.230 e. The van der Waals surface area contributed by atoms with E-state index in [4.69, 9.17) is 0 Å². The van der Waals surface area contributed by atoms with Crippen LogP contribution >= 0.6 is 0 Å². The number of fused-ring (bicyclic) bond motifs is 1. The zero-order chi connectivity index (χ0) is 21.1. The second-order valence-electron chi connectivity index (χ2n) is 9.02. The largest absolute Gasteiger partial charge is 0.343 e. The summed E-state index contributed by atoms with van der Waals surface area (Å²) in [6.07, 6.45) is 4.89. The predicted molar refractivity (Wildman–Crippen MR) is 115 cm³/mol. The van der Waals surface area contributed by atoms with Crippen LogP contribution in [0.25, 0.3) is 0 Å². The molecule has 4 rings (SSSR count). The smallest absolute Gasteiger partial charge is 0.230 e. The van der Waals surface area contributed by atoms with Crippen LogP contribution in [-0.4, -0.2) is 71.2 Å². The molecule has 0 N–H and O–H groups in total. The molecule has 0 saturated carbocycles. The van der Waals surface area contributed by atoms with Crippen LogP contribution in [0.4, 0.5) is 0 Å². The number of piperidine rings is 1. The SMILES string of the molecule is C[C@H](C(=O)N1CCC[C@H]2CN(C(=O)CCCN3CCCC3=O)C[C@H]21)c1ccccc1. The first-order valence-corrected chi connectivity index (χ1v) is 11.5. The molecule has 3 aliphatic heterocycles. The lowest BCUT2D eigenvalue weighted by Gasteiger charge is -2.38. The van der Waals surface area contributed by atoms with E-state index in [9.17, 15) is 14.4 Å². The normalized spacial score (nSPS) is 24.8. The quantitative estimate of drug-likeness (QED) is 0.723. The van der Waals surface area contributed by atoms with E-state index >= 15 is 0 Å². The van der Waals surface area contributed by atoms with Crippen molar-refractivity contribution in [3.8, 4) is 0 Å². The molecule has 0 aliphatic carbocycles. The van der Waals surface area contributed by atoms with Crippen LogP contribution in [0.3, 0.4) is 0 Å². The molecule has 3 fully saturated rings. The second kappa shape index (κ2) is 9.19. The lowest BCUT2D eigenvalue weighted by atomic mass is 9.90. The van der Waals surface area contributed by atoms with Crippen LogP contribution in [0.1, 0.15) is 56.9 Å². The summed E-state index contributed by atoms with van der Waals surface area (Å²) in [5.41, 5.74) is 1.05. The molecule has 3 aliphatic rings. The highest BCUT2D eigenvalue weighted by Gasteiger charge is 2.43. The molecule has 0 spiro atoms. The fraction of sp³-hybridized carbons (Fsp3) is 0.625. The number of hydrogen-bond donors (Lipinski definition) is 0. The van der Waals surface area contributed by atoms with Crippen LogP contribution < -0.4 is 0 Å². The van der Waals surface area contributed by atoms with E-state index in [1.807, 2.05) is 52.0 Å². The van der Waals surface area contributed by atoms with Crippen LogP contribution in [0, 0.1) is 5.92 Å². The predicted octanol–water partition coefficient (Wildman–Crippen LogP) is 2.64. The minimum atomic E-state index is -0.160. The van der Waals surface area contributed by atoms with Crippen LogP contribution in [0.15, 0.2) is 30.3 Å². The fourth-order valence-corrected chi connectivity index (χ4v) is 5.31. The van der Waals surface area contributed by atoms with E-state index in [1.165, 1.54) is 0 Å². The van der Waals surface area contributed by atoms with Gasteiger partial charge in [0, 0.05) is 45.6 Å². The zero-order valence-corrected chi connectivity index (χ0v) is 18.0. The fourth-order valence-electron chi connectivity index (χ4n) is 5.31. The monoisotopic (exact) mass is 411 g/mol. The minimum absolute atomic E-state index is 0.140. The Bertz CT molecular complexity index is 781. The van der Waals surface area contributed by atoms with Crippen molar-refractivity contribution in [1.82, 2.24) is 14.7 Å². The Balaban J connectivity index is 1.32. The van der Waals surface area contributed by atoms with Gasteiger partial charge < -0.3 is 14.7 Å². The Labute approximate surface area is 179 Å². The standard InChI is InChI=1S/C24H33N3O3/c1-18(19-8-3-2-4-9-19)24(30)27-15-5-10-20-16-26(17-21(20)27)23(29)12-7-14-25-13-6-11-22(25)28/h2-4,8-9,18,20-21H,5-7,10-17H2,1H3/t18-,20-,21+/m0/s1. The highest BCUT2D eigenvalue weighted by molar-refractivity contribution is 5.84. The minimum Gasteiger partial charge on any atom is -0.343 e. The zero-order valence-electron chi connectivity index (χ0n) is 18.0. The van der Waals surface area contributed by atoms with Gasteiger partial charge in [-0.05, 0) is 44.1 Å². The topological polar surface area (TPSA) is 60.9 Å². The third-order valence-corrected chi connectivity index (χ3v) is 7.08. The van der Waals surface area contributed by atoms with Gasteiger partial charge in [-0.3, -0.25) is 14.4 Å². The van der Waals surface area contributed by atoms with Crippen molar-refractivity contribution in [1.29, 1.82) is 0 Å². The molecule has 0 radical (unpaired) electrons. The van der Waals surface area contributed by atoms with Crippen LogP contribution in [0.2, 0.25) is 0 Å². The van der Waals surface area contributed by atoms with Gasteiger partial charge in [-0.15, -0.1) is 0 Å². The molecule has 0 bridgehead atoms. The Hall–Kier alpha value is -2.37. The van der Waals surface area contributed by atoms with Gasteiger partial charge in [-0.1, -0.05) is 30.3 Å². The van der Waals surface area contributed by atoms with E-state index in [0.29, 0.717) is 31.8 Å². The van der Waals surface area contributed by atoms with Crippen molar-refractivity contribution in [3.05, 3.63) is 35.9 Å². The van der Waals surface area contributed by atoms with Crippen LogP contribution in [-0.2, 0) is 14.4 Å². The van der Waals surface area contributed by atoms with Crippen molar-refractivity contribution in [3.63, 3.8) is 0 Å².